The van der Waals surface area contributed by atoms with Crippen LogP contribution in [0.5, 0.6) is 0 Å². The van der Waals surface area contributed by atoms with Gasteiger partial charge in [-0.2, -0.15) is 11.8 Å². The van der Waals surface area contributed by atoms with E-state index in [9.17, 15) is 0 Å². The number of hydrogen-bond acceptors (Lipinski definition) is 3. The van der Waals surface area contributed by atoms with E-state index in [2.05, 4.69) is 53.6 Å². The Balaban J connectivity index is 2.00. The quantitative estimate of drug-likeness (QED) is 0.894. The molecule has 2 unspecified atom stereocenters. The highest BCUT2D eigenvalue weighted by molar-refractivity contribution is 7.99. The van der Waals surface area contributed by atoms with E-state index in [1.807, 2.05) is 11.3 Å². The normalized spacial score (nSPS) is 21.5. The highest BCUT2D eigenvalue weighted by Crippen LogP contribution is 2.38. The van der Waals surface area contributed by atoms with Gasteiger partial charge < -0.3 is 5.32 Å². The first kappa shape index (κ1) is 12.5. The Morgan fingerprint density at radius 1 is 1.39 bits per heavy atom. The average molecular weight is 277 g/mol. The number of hydrogen-bond donors (Lipinski definition) is 1. The maximum Gasteiger partial charge on any atom is 0.0390 e. The molecule has 1 nitrogen and oxygen atoms in total. The third-order valence-electron chi connectivity index (χ3n) is 3.70. The van der Waals surface area contributed by atoms with Gasteiger partial charge in [-0.05, 0) is 52.8 Å². The first-order chi connectivity index (χ1) is 8.90. The first-order valence-electron chi connectivity index (χ1n) is 6.67. The summed E-state index contributed by atoms with van der Waals surface area (Å²) in [5.74, 6) is 3.43. The Labute approximate surface area is 117 Å². The fourth-order valence-corrected chi connectivity index (χ4v) is 5.08. The van der Waals surface area contributed by atoms with Gasteiger partial charge in [0.15, 0.2) is 0 Å². The summed E-state index contributed by atoms with van der Waals surface area (Å²) in [6.07, 6.45) is 1.35. The van der Waals surface area contributed by atoms with E-state index in [0.717, 1.165) is 12.5 Å². The van der Waals surface area contributed by atoms with Crippen molar-refractivity contribution in [2.45, 2.75) is 19.4 Å². The van der Waals surface area contributed by atoms with Crippen LogP contribution in [0, 0.1) is 5.92 Å². The highest BCUT2D eigenvalue weighted by Gasteiger charge is 2.27. The molecule has 1 saturated heterocycles. The molecule has 0 bridgehead atoms. The Morgan fingerprint density at radius 3 is 3.11 bits per heavy atom. The standard InChI is InChI=1S/C15H19NS2/c1-2-16-14(12-6-8-17-10-12)13-5-3-4-11-7-9-18-15(11)13/h3-5,7,9,12,14,16H,2,6,8,10H2,1H3. The smallest absolute Gasteiger partial charge is 0.0390 e. The lowest BCUT2D eigenvalue weighted by Crippen LogP contribution is -2.28. The zero-order valence-electron chi connectivity index (χ0n) is 10.7. The van der Waals surface area contributed by atoms with Gasteiger partial charge in [0.1, 0.15) is 0 Å². The minimum atomic E-state index is 0.535. The number of rotatable bonds is 4. The molecule has 0 spiro atoms. The van der Waals surface area contributed by atoms with Crippen molar-refractivity contribution in [1.29, 1.82) is 0 Å². The molecule has 18 heavy (non-hydrogen) atoms. The van der Waals surface area contributed by atoms with E-state index in [4.69, 9.17) is 0 Å². The van der Waals surface area contributed by atoms with Crippen molar-refractivity contribution in [3.8, 4) is 0 Å². The van der Waals surface area contributed by atoms with Crippen LogP contribution in [0.4, 0.5) is 0 Å². The topological polar surface area (TPSA) is 12.0 Å². The lowest BCUT2D eigenvalue weighted by molar-refractivity contribution is 0.404. The predicted octanol–water partition coefficient (Wildman–Crippen LogP) is 4.31. The molecule has 0 amide bonds. The van der Waals surface area contributed by atoms with Gasteiger partial charge in [-0.25, -0.2) is 0 Å². The molecule has 1 fully saturated rings. The van der Waals surface area contributed by atoms with Crippen molar-refractivity contribution in [1.82, 2.24) is 5.32 Å². The van der Waals surface area contributed by atoms with Crippen molar-refractivity contribution in [3.05, 3.63) is 35.2 Å². The van der Waals surface area contributed by atoms with Crippen LogP contribution >= 0.6 is 23.1 Å². The van der Waals surface area contributed by atoms with Crippen molar-refractivity contribution >= 4 is 33.2 Å². The molecule has 3 rings (SSSR count). The molecule has 1 aromatic carbocycles. The fraction of sp³-hybridized carbons (Fsp3) is 0.467. The summed E-state index contributed by atoms with van der Waals surface area (Å²) in [5, 5.41) is 7.32. The molecule has 0 aliphatic carbocycles. The van der Waals surface area contributed by atoms with E-state index in [0.29, 0.717) is 6.04 Å². The van der Waals surface area contributed by atoms with Crippen molar-refractivity contribution in [3.63, 3.8) is 0 Å². The van der Waals surface area contributed by atoms with Crippen LogP contribution in [-0.2, 0) is 0 Å². The molecule has 1 aromatic heterocycles. The summed E-state index contributed by atoms with van der Waals surface area (Å²) in [7, 11) is 0. The maximum atomic E-state index is 3.72. The summed E-state index contributed by atoms with van der Waals surface area (Å²) in [6, 6.07) is 9.51. The third-order valence-corrected chi connectivity index (χ3v) is 5.87. The molecule has 1 aliphatic rings. The van der Waals surface area contributed by atoms with Crippen LogP contribution in [0.15, 0.2) is 29.6 Å². The summed E-state index contributed by atoms with van der Waals surface area (Å²) < 4.78 is 1.47. The number of fused-ring (bicyclic) bond motifs is 1. The van der Waals surface area contributed by atoms with Gasteiger partial charge in [0.05, 0.1) is 0 Å². The molecule has 1 N–H and O–H groups in total. The number of thiophene rings is 1. The monoisotopic (exact) mass is 277 g/mol. The van der Waals surface area contributed by atoms with E-state index in [-0.39, 0.29) is 0 Å². The van der Waals surface area contributed by atoms with E-state index >= 15 is 0 Å². The van der Waals surface area contributed by atoms with Gasteiger partial charge in [-0.15, -0.1) is 11.3 Å². The second-order valence-corrected chi connectivity index (χ2v) is 6.91. The molecule has 2 atom stereocenters. The third kappa shape index (κ3) is 2.31. The molecule has 0 saturated carbocycles. The SMILES string of the molecule is CCNC(c1cccc2ccsc12)C1CCSC1. The summed E-state index contributed by atoms with van der Waals surface area (Å²) in [5.41, 5.74) is 1.51. The van der Waals surface area contributed by atoms with Crippen LogP contribution in [0.25, 0.3) is 10.1 Å². The fourth-order valence-electron chi connectivity index (χ4n) is 2.83. The zero-order valence-corrected chi connectivity index (χ0v) is 12.3. The van der Waals surface area contributed by atoms with Crippen LogP contribution < -0.4 is 5.32 Å². The summed E-state index contributed by atoms with van der Waals surface area (Å²) in [4.78, 5) is 0. The Kier molecular flexibility index (Phi) is 3.92. The van der Waals surface area contributed by atoms with Gasteiger partial charge in [-0.1, -0.05) is 25.1 Å². The predicted molar refractivity (Wildman–Crippen MR) is 83.7 cm³/mol. The van der Waals surface area contributed by atoms with Crippen LogP contribution in [-0.4, -0.2) is 18.1 Å². The van der Waals surface area contributed by atoms with E-state index in [1.54, 1.807) is 0 Å². The van der Waals surface area contributed by atoms with Crippen LogP contribution in [0.1, 0.15) is 24.9 Å². The molecule has 2 aromatic rings. The van der Waals surface area contributed by atoms with Gasteiger partial charge in [-0.3, -0.25) is 0 Å². The number of benzene rings is 1. The van der Waals surface area contributed by atoms with E-state index in [1.165, 1.54) is 33.6 Å². The zero-order chi connectivity index (χ0) is 12.4. The van der Waals surface area contributed by atoms with Crippen LogP contribution in [0.3, 0.4) is 0 Å². The molecular formula is C15H19NS2. The van der Waals surface area contributed by atoms with Crippen molar-refractivity contribution < 1.29 is 0 Å². The number of thioether (sulfide) groups is 1. The first-order valence-corrected chi connectivity index (χ1v) is 8.71. The lowest BCUT2D eigenvalue weighted by Gasteiger charge is -2.25. The molecule has 0 radical (unpaired) electrons. The lowest BCUT2D eigenvalue weighted by atomic mass is 9.92. The second-order valence-electron chi connectivity index (χ2n) is 4.85. The molecule has 96 valence electrons. The maximum absolute atomic E-state index is 3.72. The van der Waals surface area contributed by atoms with Gasteiger partial charge >= 0.3 is 0 Å². The largest absolute Gasteiger partial charge is 0.310 e. The Morgan fingerprint density at radius 2 is 2.33 bits per heavy atom. The van der Waals surface area contributed by atoms with Gasteiger partial charge in [0.25, 0.3) is 0 Å². The average Bonchev–Trinajstić information content (AvgIpc) is 3.06. The number of nitrogens with one attached hydrogen (secondary N) is 1. The molecular weight excluding hydrogens is 258 g/mol. The second kappa shape index (κ2) is 5.64. The van der Waals surface area contributed by atoms with Crippen molar-refractivity contribution in [2.24, 2.45) is 5.92 Å². The Hall–Kier alpha value is -0.510. The molecule has 3 heteroatoms. The molecule has 2 heterocycles. The highest BCUT2D eigenvalue weighted by atomic mass is 32.2. The Bertz CT molecular complexity index is 514. The van der Waals surface area contributed by atoms with Gasteiger partial charge in [0.2, 0.25) is 0 Å². The summed E-state index contributed by atoms with van der Waals surface area (Å²) in [6.45, 7) is 3.26. The van der Waals surface area contributed by atoms with Gasteiger partial charge in [0, 0.05) is 10.7 Å². The van der Waals surface area contributed by atoms with E-state index < -0.39 is 0 Å². The van der Waals surface area contributed by atoms with Crippen molar-refractivity contribution in [2.75, 3.05) is 18.1 Å². The summed E-state index contributed by atoms with van der Waals surface area (Å²) >= 11 is 3.98. The van der Waals surface area contributed by atoms with Crippen LogP contribution in [0.2, 0.25) is 0 Å². The minimum absolute atomic E-state index is 0.535. The minimum Gasteiger partial charge on any atom is -0.310 e. The molecule has 1 aliphatic heterocycles.